The molecule has 0 aliphatic carbocycles. The standard InChI is InChI=1S/C23H22N2O3/c1-16-7-3-5-9-20(16)24-22(26)15-28-19-13-11-18(12-14-19)23(27)25-21-10-6-4-8-17(21)2/h3-14H,15H2,1-2H3,(H,24,26)(H,25,27). The molecule has 3 rings (SSSR count). The number of nitrogens with one attached hydrogen (secondary N) is 2. The number of hydrogen-bond donors (Lipinski definition) is 2. The first-order chi connectivity index (χ1) is 13.5. The van der Waals surface area contributed by atoms with Gasteiger partial charge in [-0.05, 0) is 61.4 Å². The van der Waals surface area contributed by atoms with Crippen LogP contribution in [0.5, 0.6) is 5.75 Å². The molecule has 0 heterocycles. The highest BCUT2D eigenvalue weighted by Gasteiger charge is 2.09. The Morgan fingerprint density at radius 3 is 1.86 bits per heavy atom. The molecule has 5 heteroatoms. The second kappa shape index (κ2) is 8.86. The zero-order chi connectivity index (χ0) is 19.9. The minimum absolute atomic E-state index is 0.108. The SMILES string of the molecule is Cc1ccccc1NC(=O)COc1ccc(C(=O)Nc2ccccc2C)cc1. The highest BCUT2D eigenvalue weighted by Crippen LogP contribution is 2.17. The summed E-state index contributed by atoms with van der Waals surface area (Å²) in [6.45, 7) is 3.76. The zero-order valence-electron chi connectivity index (χ0n) is 15.9. The first-order valence-electron chi connectivity index (χ1n) is 8.98. The van der Waals surface area contributed by atoms with Crippen LogP contribution >= 0.6 is 0 Å². The Morgan fingerprint density at radius 1 is 0.750 bits per heavy atom. The average molecular weight is 374 g/mol. The number of benzene rings is 3. The Bertz CT molecular complexity index is 981. The Balaban J connectivity index is 1.54. The van der Waals surface area contributed by atoms with Gasteiger partial charge in [0.15, 0.2) is 6.61 Å². The van der Waals surface area contributed by atoms with Crippen LogP contribution in [0.3, 0.4) is 0 Å². The first kappa shape index (κ1) is 19.2. The predicted molar refractivity (Wildman–Crippen MR) is 111 cm³/mol. The van der Waals surface area contributed by atoms with Crippen molar-refractivity contribution in [1.29, 1.82) is 0 Å². The molecule has 0 atom stereocenters. The van der Waals surface area contributed by atoms with Crippen LogP contribution in [-0.2, 0) is 4.79 Å². The van der Waals surface area contributed by atoms with Gasteiger partial charge in [0.2, 0.25) is 0 Å². The molecular weight excluding hydrogens is 352 g/mol. The summed E-state index contributed by atoms with van der Waals surface area (Å²) in [5.74, 6) is 0.0844. The number of rotatable bonds is 6. The number of aryl methyl sites for hydroxylation is 2. The quantitative estimate of drug-likeness (QED) is 0.664. The second-order valence-corrected chi connectivity index (χ2v) is 6.45. The van der Waals surface area contributed by atoms with Gasteiger partial charge in [-0.3, -0.25) is 9.59 Å². The molecule has 2 amide bonds. The molecule has 0 fully saturated rings. The molecule has 5 nitrogen and oxygen atoms in total. The van der Waals surface area contributed by atoms with E-state index in [9.17, 15) is 9.59 Å². The van der Waals surface area contributed by atoms with E-state index in [0.29, 0.717) is 11.3 Å². The fourth-order valence-corrected chi connectivity index (χ4v) is 2.66. The topological polar surface area (TPSA) is 67.4 Å². The molecule has 142 valence electrons. The molecule has 3 aromatic carbocycles. The van der Waals surface area contributed by atoms with Crippen molar-refractivity contribution in [3.05, 3.63) is 89.5 Å². The number of amides is 2. The number of ether oxygens (including phenoxy) is 1. The van der Waals surface area contributed by atoms with E-state index >= 15 is 0 Å². The molecule has 0 bridgehead atoms. The Labute approximate surface area is 164 Å². The summed E-state index contributed by atoms with van der Waals surface area (Å²) in [6.07, 6.45) is 0. The molecule has 0 aliphatic heterocycles. The van der Waals surface area contributed by atoms with Crippen molar-refractivity contribution in [1.82, 2.24) is 0 Å². The lowest BCUT2D eigenvalue weighted by Crippen LogP contribution is -2.20. The van der Waals surface area contributed by atoms with E-state index in [-0.39, 0.29) is 18.4 Å². The van der Waals surface area contributed by atoms with Gasteiger partial charge >= 0.3 is 0 Å². The van der Waals surface area contributed by atoms with Crippen LogP contribution in [0.4, 0.5) is 11.4 Å². The van der Waals surface area contributed by atoms with Gasteiger partial charge in [-0.25, -0.2) is 0 Å². The van der Waals surface area contributed by atoms with Crippen molar-refractivity contribution >= 4 is 23.2 Å². The minimum atomic E-state index is -0.240. The summed E-state index contributed by atoms with van der Waals surface area (Å²) in [6, 6.07) is 21.8. The number of anilines is 2. The van der Waals surface area contributed by atoms with Crippen LogP contribution in [0.15, 0.2) is 72.8 Å². The number of para-hydroxylation sites is 2. The van der Waals surface area contributed by atoms with Gasteiger partial charge in [0.05, 0.1) is 0 Å². The molecule has 0 aromatic heterocycles. The van der Waals surface area contributed by atoms with Crippen LogP contribution in [0, 0.1) is 13.8 Å². The predicted octanol–water partition coefficient (Wildman–Crippen LogP) is 4.57. The van der Waals surface area contributed by atoms with Crippen molar-refractivity contribution in [2.75, 3.05) is 17.2 Å². The van der Waals surface area contributed by atoms with Crippen LogP contribution in [-0.4, -0.2) is 18.4 Å². The minimum Gasteiger partial charge on any atom is -0.484 e. The number of carbonyl (C=O) groups is 2. The van der Waals surface area contributed by atoms with Crippen LogP contribution in [0.1, 0.15) is 21.5 Å². The van der Waals surface area contributed by atoms with Gasteiger partial charge < -0.3 is 15.4 Å². The van der Waals surface area contributed by atoms with Crippen LogP contribution in [0.25, 0.3) is 0 Å². The number of hydrogen-bond acceptors (Lipinski definition) is 3. The fraction of sp³-hybridized carbons (Fsp3) is 0.130. The molecule has 0 unspecified atom stereocenters. The van der Waals surface area contributed by atoms with Gasteiger partial charge in [0.25, 0.3) is 11.8 Å². The summed E-state index contributed by atoms with van der Waals surface area (Å²) in [4.78, 5) is 24.4. The van der Waals surface area contributed by atoms with Gasteiger partial charge in [-0.2, -0.15) is 0 Å². The summed E-state index contributed by atoms with van der Waals surface area (Å²) in [5.41, 5.74) is 4.04. The Kier molecular flexibility index (Phi) is 6.07. The maximum atomic E-state index is 12.4. The maximum absolute atomic E-state index is 12.4. The lowest BCUT2D eigenvalue weighted by molar-refractivity contribution is -0.118. The van der Waals surface area contributed by atoms with Crippen molar-refractivity contribution in [3.63, 3.8) is 0 Å². The van der Waals surface area contributed by atoms with E-state index in [2.05, 4.69) is 10.6 Å². The molecule has 3 aromatic rings. The Morgan fingerprint density at radius 2 is 1.29 bits per heavy atom. The molecular formula is C23H22N2O3. The van der Waals surface area contributed by atoms with Crippen molar-refractivity contribution in [3.8, 4) is 5.75 Å². The van der Waals surface area contributed by atoms with Crippen LogP contribution in [0.2, 0.25) is 0 Å². The normalized spacial score (nSPS) is 10.2. The largest absolute Gasteiger partial charge is 0.484 e. The zero-order valence-corrected chi connectivity index (χ0v) is 15.9. The second-order valence-electron chi connectivity index (χ2n) is 6.45. The molecule has 0 saturated heterocycles. The van der Waals surface area contributed by atoms with Crippen LogP contribution < -0.4 is 15.4 Å². The summed E-state index contributed by atoms with van der Waals surface area (Å²) in [7, 11) is 0. The third-order valence-corrected chi connectivity index (χ3v) is 4.30. The van der Waals surface area contributed by atoms with Crippen molar-refractivity contribution < 1.29 is 14.3 Å². The van der Waals surface area contributed by atoms with E-state index in [1.54, 1.807) is 24.3 Å². The van der Waals surface area contributed by atoms with E-state index in [1.807, 2.05) is 62.4 Å². The highest BCUT2D eigenvalue weighted by molar-refractivity contribution is 6.04. The number of carbonyl (C=O) groups excluding carboxylic acids is 2. The molecule has 0 saturated carbocycles. The summed E-state index contributed by atoms with van der Waals surface area (Å²) >= 11 is 0. The first-order valence-corrected chi connectivity index (χ1v) is 8.98. The van der Waals surface area contributed by atoms with Crippen molar-refractivity contribution in [2.45, 2.75) is 13.8 Å². The fourth-order valence-electron chi connectivity index (χ4n) is 2.66. The smallest absolute Gasteiger partial charge is 0.262 e. The van der Waals surface area contributed by atoms with Gasteiger partial charge in [0, 0.05) is 16.9 Å². The maximum Gasteiger partial charge on any atom is 0.262 e. The van der Waals surface area contributed by atoms with E-state index in [1.165, 1.54) is 0 Å². The van der Waals surface area contributed by atoms with E-state index in [4.69, 9.17) is 4.74 Å². The molecule has 0 spiro atoms. The summed E-state index contributed by atoms with van der Waals surface area (Å²) < 4.78 is 5.51. The third kappa shape index (κ3) is 4.98. The average Bonchev–Trinajstić information content (AvgIpc) is 2.70. The lowest BCUT2D eigenvalue weighted by atomic mass is 10.1. The Hall–Kier alpha value is -3.60. The monoisotopic (exact) mass is 374 g/mol. The lowest BCUT2D eigenvalue weighted by Gasteiger charge is -2.10. The molecule has 28 heavy (non-hydrogen) atoms. The highest BCUT2D eigenvalue weighted by atomic mass is 16.5. The van der Waals surface area contributed by atoms with E-state index < -0.39 is 0 Å². The molecule has 0 aliphatic rings. The van der Waals surface area contributed by atoms with Crippen molar-refractivity contribution in [2.24, 2.45) is 0 Å². The van der Waals surface area contributed by atoms with E-state index in [0.717, 1.165) is 22.5 Å². The molecule has 0 radical (unpaired) electrons. The summed E-state index contributed by atoms with van der Waals surface area (Å²) in [5, 5.41) is 5.70. The third-order valence-electron chi connectivity index (χ3n) is 4.30. The van der Waals surface area contributed by atoms with Gasteiger partial charge in [0.1, 0.15) is 5.75 Å². The molecule has 2 N–H and O–H groups in total. The van der Waals surface area contributed by atoms with Gasteiger partial charge in [-0.15, -0.1) is 0 Å². The van der Waals surface area contributed by atoms with Gasteiger partial charge in [-0.1, -0.05) is 36.4 Å².